The molecular formula is C17H27N5O2. The average molecular weight is 333 g/mol. The van der Waals surface area contributed by atoms with E-state index in [-0.39, 0.29) is 11.8 Å². The summed E-state index contributed by atoms with van der Waals surface area (Å²) >= 11 is 0. The number of pyridine rings is 1. The molecule has 7 nitrogen and oxygen atoms in total. The van der Waals surface area contributed by atoms with Crippen LogP contribution in [0.25, 0.3) is 0 Å². The molecule has 0 aromatic carbocycles. The summed E-state index contributed by atoms with van der Waals surface area (Å²) in [7, 11) is 6.04. The van der Waals surface area contributed by atoms with E-state index in [4.69, 9.17) is 0 Å². The Morgan fingerprint density at radius 2 is 1.96 bits per heavy atom. The largest absolute Gasteiger partial charge is 0.351 e. The lowest BCUT2D eigenvalue weighted by Gasteiger charge is -2.32. The van der Waals surface area contributed by atoms with Crippen molar-refractivity contribution >= 4 is 11.8 Å². The van der Waals surface area contributed by atoms with Crippen molar-refractivity contribution in [3.63, 3.8) is 0 Å². The molecule has 0 bridgehead atoms. The maximum absolute atomic E-state index is 12.6. The van der Waals surface area contributed by atoms with Crippen molar-refractivity contribution < 1.29 is 9.59 Å². The van der Waals surface area contributed by atoms with E-state index >= 15 is 0 Å². The van der Waals surface area contributed by atoms with Gasteiger partial charge in [0.05, 0.1) is 0 Å². The number of carbonyl (C=O) groups excluding carboxylic acids is 2. The molecule has 24 heavy (non-hydrogen) atoms. The Labute approximate surface area is 143 Å². The molecule has 0 atom stereocenters. The van der Waals surface area contributed by atoms with Crippen LogP contribution in [-0.2, 0) is 0 Å². The number of rotatable bonds is 6. The van der Waals surface area contributed by atoms with Gasteiger partial charge in [-0.3, -0.25) is 14.6 Å². The Morgan fingerprint density at radius 1 is 1.25 bits per heavy atom. The van der Waals surface area contributed by atoms with Gasteiger partial charge >= 0.3 is 0 Å². The minimum Gasteiger partial charge on any atom is -0.351 e. The first-order valence-electron chi connectivity index (χ1n) is 8.34. The molecule has 2 rings (SSSR count). The number of amides is 2. The van der Waals surface area contributed by atoms with Gasteiger partial charge in [-0.25, -0.2) is 0 Å². The zero-order valence-electron chi connectivity index (χ0n) is 14.8. The summed E-state index contributed by atoms with van der Waals surface area (Å²) in [6.45, 7) is 4.67. The molecule has 0 saturated carbocycles. The van der Waals surface area contributed by atoms with Crippen LogP contribution < -0.4 is 5.32 Å². The van der Waals surface area contributed by atoms with Crippen molar-refractivity contribution in [2.45, 2.75) is 6.42 Å². The predicted molar refractivity (Wildman–Crippen MR) is 93.1 cm³/mol. The molecule has 132 valence electrons. The normalized spacial score (nSPS) is 15.6. The molecule has 2 heterocycles. The van der Waals surface area contributed by atoms with Gasteiger partial charge in [0.25, 0.3) is 11.8 Å². The fraction of sp³-hybridized carbons (Fsp3) is 0.588. The van der Waals surface area contributed by atoms with E-state index in [2.05, 4.69) is 20.1 Å². The highest BCUT2D eigenvalue weighted by Crippen LogP contribution is 2.09. The SMILES string of the molecule is CN(C)CCCNC(=O)c1cc(C(=O)N2CCN(C)CC2)ccn1. The quantitative estimate of drug-likeness (QED) is 0.751. The van der Waals surface area contributed by atoms with E-state index in [1.807, 2.05) is 26.0 Å². The Morgan fingerprint density at radius 3 is 2.62 bits per heavy atom. The van der Waals surface area contributed by atoms with Gasteiger partial charge in [0.1, 0.15) is 5.69 Å². The molecule has 1 N–H and O–H groups in total. The zero-order chi connectivity index (χ0) is 17.5. The van der Waals surface area contributed by atoms with Crippen LogP contribution in [0.5, 0.6) is 0 Å². The summed E-state index contributed by atoms with van der Waals surface area (Å²) in [5.74, 6) is -0.269. The molecule has 1 aromatic heterocycles. The highest BCUT2D eigenvalue weighted by Gasteiger charge is 2.21. The predicted octanol–water partition coefficient (Wildman–Crippen LogP) is 0.151. The topological polar surface area (TPSA) is 68.8 Å². The van der Waals surface area contributed by atoms with Gasteiger partial charge in [-0.1, -0.05) is 0 Å². The lowest BCUT2D eigenvalue weighted by molar-refractivity contribution is 0.0664. The Balaban J connectivity index is 1.93. The first kappa shape index (κ1) is 18.4. The van der Waals surface area contributed by atoms with Crippen molar-refractivity contribution in [2.24, 2.45) is 0 Å². The third-order valence-electron chi connectivity index (χ3n) is 4.10. The van der Waals surface area contributed by atoms with Crippen LogP contribution in [0.4, 0.5) is 0 Å². The summed E-state index contributed by atoms with van der Waals surface area (Å²) in [4.78, 5) is 34.9. The number of hydrogen-bond acceptors (Lipinski definition) is 5. The summed E-state index contributed by atoms with van der Waals surface area (Å²) in [5, 5.41) is 2.85. The second-order valence-electron chi connectivity index (χ2n) is 6.44. The molecule has 0 unspecified atom stereocenters. The fourth-order valence-electron chi connectivity index (χ4n) is 2.57. The van der Waals surface area contributed by atoms with Gasteiger partial charge < -0.3 is 20.0 Å². The Kier molecular flexibility index (Phi) is 6.69. The minimum atomic E-state index is -0.234. The molecule has 1 fully saturated rings. The highest BCUT2D eigenvalue weighted by atomic mass is 16.2. The minimum absolute atomic E-state index is 0.0350. The molecule has 0 radical (unpaired) electrons. The van der Waals surface area contributed by atoms with Gasteiger partial charge in [0, 0.05) is 44.5 Å². The number of carbonyl (C=O) groups is 2. The standard InChI is InChI=1S/C17H27N5O2/c1-20(2)8-4-6-19-16(23)15-13-14(5-7-18-15)17(24)22-11-9-21(3)10-12-22/h5,7,13H,4,6,8-12H2,1-3H3,(H,19,23). The number of hydrogen-bond donors (Lipinski definition) is 1. The summed E-state index contributed by atoms with van der Waals surface area (Å²) in [5.41, 5.74) is 0.813. The first-order chi connectivity index (χ1) is 11.5. The van der Waals surface area contributed by atoms with Crippen LogP contribution >= 0.6 is 0 Å². The van der Waals surface area contributed by atoms with E-state index in [1.165, 1.54) is 6.20 Å². The van der Waals surface area contributed by atoms with Crippen LogP contribution in [0.2, 0.25) is 0 Å². The molecule has 1 aromatic rings. The van der Waals surface area contributed by atoms with Crippen LogP contribution in [0.3, 0.4) is 0 Å². The number of piperazine rings is 1. The van der Waals surface area contributed by atoms with Crippen LogP contribution in [0.1, 0.15) is 27.3 Å². The van der Waals surface area contributed by atoms with E-state index in [9.17, 15) is 9.59 Å². The molecular weight excluding hydrogens is 306 g/mol. The molecule has 1 aliphatic rings. The van der Waals surface area contributed by atoms with E-state index in [0.717, 1.165) is 26.1 Å². The van der Waals surface area contributed by atoms with Crippen molar-refractivity contribution in [1.29, 1.82) is 0 Å². The lowest BCUT2D eigenvalue weighted by Crippen LogP contribution is -2.47. The van der Waals surface area contributed by atoms with Gasteiger partial charge in [0.15, 0.2) is 0 Å². The summed E-state index contributed by atoms with van der Waals surface area (Å²) in [6.07, 6.45) is 2.40. The number of aromatic nitrogens is 1. The maximum Gasteiger partial charge on any atom is 0.269 e. The van der Waals surface area contributed by atoms with Crippen LogP contribution in [0.15, 0.2) is 18.3 Å². The molecule has 0 spiro atoms. The van der Waals surface area contributed by atoms with E-state index in [0.29, 0.717) is 30.9 Å². The fourth-order valence-corrected chi connectivity index (χ4v) is 2.57. The third kappa shape index (κ3) is 5.28. The van der Waals surface area contributed by atoms with Crippen LogP contribution in [0, 0.1) is 0 Å². The smallest absolute Gasteiger partial charge is 0.269 e. The Hall–Kier alpha value is -1.99. The van der Waals surface area contributed by atoms with E-state index in [1.54, 1.807) is 12.1 Å². The first-order valence-corrected chi connectivity index (χ1v) is 8.34. The average Bonchev–Trinajstić information content (AvgIpc) is 2.58. The van der Waals surface area contributed by atoms with Gasteiger partial charge in [-0.15, -0.1) is 0 Å². The van der Waals surface area contributed by atoms with Crippen molar-refractivity contribution in [3.05, 3.63) is 29.6 Å². The summed E-state index contributed by atoms with van der Waals surface area (Å²) in [6, 6.07) is 3.26. The number of nitrogens with one attached hydrogen (secondary N) is 1. The zero-order valence-corrected chi connectivity index (χ0v) is 14.8. The monoisotopic (exact) mass is 333 g/mol. The van der Waals surface area contributed by atoms with E-state index < -0.39 is 0 Å². The molecule has 1 aliphatic heterocycles. The van der Waals surface area contributed by atoms with Gasteiger partial charge in [-0.2, -0.15) is 0 Å². The van der Waals surface area contributed by atoms with Gasteiger partial charge in [0.2, 0.25) is 0 Å². The second-order valence-corrected chi connectivity index (χ2v) is 6.44. The summed E-state index contributed by atoms with van der Waals surface area (Å²) < 4.78 is 0. The third-order valence-corrected chi connectivity index (χ3v) is 4.10. The van der Waals surface area contributed by atoms with Crippen molar-refractivity contribution in [3.8, 4) is 0 Å². The molecule has 1 saturated heterocycles. The molecule has 7 heteroatoms. The van der Waals surface area contributed by atoms with Crippen molar-refractivity contribution in [1.82, 2.24) is 25.0 Å². The molecule has 0 aliphatic carbocycles. The van der Waals surface area contributed by atoms with Crippen molar-refractivity contribution in [2.75, 3.05) is 60.4 Å². The highest BCUT2D eigenvalue weighted by molar-refractivity contribution is 5.98. The second kappa shape index (κ2) is 8.75. The molecule has 2 amide bonds. The lowest BCUT2D eigenvalue weighted by atomic mass is 10.1. The number of nitrogens with zero attached hydrogens (tertiary/aromatic N) is 4. The van der Waals surface area contributed by atoms with Crippen LogP contribution in [-0.4, -0.2) is 91.9 Å². The van der Waals surface area contributed by atoms with Gasteiger partial charge in [-0.05, 0) is 46.2 Å². The number of likely N-dealkylation sites (N-methyl/N-ethyl adjacent to an activating group) is 1. The Bertz CT molecular complexity index is 568. The maximum atomic E-state index is 12.6.